The summed E-state index contributed by atoms with van der Waals surface area (Å²) >= 11 is 0. The van der Waals surface area contributed by atoms with Crippen LogP contribution in [0.3, 0.4) is 0 Å². The molecule has 4 nitrogen and oxygen atoms in total. The maximum atomic E-state index is 5.19. The Balaban J connectivity index is 1.94. The number of hydrogen-bond donors (Lipinski definition) is 1. The van der Waals surface area contributed by atoms with Crippen molar-refractivity contribution in [3.05, 3.63) is 17.5 Å². The van der Waals surface area contributed by atoms with Crippen LogP contribution in [0.15, 0.2) is 6.20 Å². The summed E-state index contributed by atoms with van der Waals surface area (Å²) in [4.78, 5) is 0. The molecular formula is C15H27N3O. The van der Waals surface area contributed by atoms with E-state index in [9.17, 15) is 0 Å². The predicted molar refractivity (Wildman–Crippen MR) is 77.2 cm³/mol. The second-order valence-electron chi connectivity index (χ2n) is 6.40. The van der Waals surface area contributed by atoms with Crippen molar-refractivity contribution >= 4 is 0 Å². The molecule has 0 bridgehead atoms. The molecule has 1 aliphatic carbocycles. The van der Waals surface area contributed by atoms with Gasteiger partial charge < -0.3 is 10.1 Å². The molecule has 0 aromatic carbocycles. The molecule has 0 saturated carbocycles. The molecule has 0 aliphatic heterocycles. The SMILES string of the molecule is COCCC(C)(C)CNC1CCCc2c1cnn2C. The average molecular weight is 265 g/mol. The van der Waals surface area contributed by atoms with Gasteiger partial charge in [-0.2, -0.15) is 5.10 Å². The monoisotopic (exact) mass is 265 g/mol. The first-order chi connectivity index (χ1) is 9.03. The van der Waals surface area contributed by atoms with Crippen LogP contribution in [0.5, 0.6) is 0 Å². The summed E-state index contributed by atoms with van der Waals surface area (Å²) in [6.07, 6.45) is 6.76. The van der Waals surface area contributed by atoms with E-state index in [0.29, 0.717) is 6.04 Å². The van der Waals surface area contributed by atoms with Gasteiger partial charge in [-0.3, -0.25) is 4.68 Å². The Bertz CT molecular complexity index is 412. The molecule has 4 heteroatoms. The Morgan fingerprint density at radius 2 is 2.32 bits per heavy atom. The molecule has 19 heavy (non-hydrogen) atoms. The number of fused-ring (bicyclic) bond motifs is 1. The molecule has 1 aromatic heterocycles. The molecule has 2 rings (SSSR count). The summed E-state index contributed by atoms with van der Waals surface area (Å²) in [5.41, 5.74) is 3.07. The fourth-order valence-electron chi connectivity index (χ4n) is 2.78. The van der Waals surface area contributed by atoms with Gasteiger partial charge in [0.25, 0.3) is 0 Å². The van der Waals surface area contributed by atoms with Crippen LogP contribution < -0.4 is 5.32 Å². The number of aryl methyl sites for hydroxylation is 1. The van der Waals surface area contributed by atoms with Gasteiger partial charge in [0, 0.05) is 44.6 Å². The average Bonchev–Trinajstić information content (AvgIpc) is 2.77. The molecule has 1 atom stereocenters. The van der Waals surface area contributed by atoms with Crippen molar-refractivity contribution in [1.29, 1.82) is 0 Å². The zero-order valence-corrected chi connectivity index (χ0v) is 12.7. The first-order valence-corrected chi connectivity index (χ1v) is 7.26. The van der Waals surface area contributed by atoms with E-state index < -0.39 is 0 Å². The molecule has 1 N–H and O–H groups in total. The van der Waals surface area contributed by atoms with Gasteiger partial charge in [-0.15, -0.1) is 0 Å². The number of nitrogens with one attached hydrogen (secondary N) is 1. The zero-order valence-electron chi connectivity index (χ0n) is 12.7. The largest absolute Gasteiger partial charge is 0.385 e. The Kier molecular flexibility index (Phi) is 4.63. The molecule has 0 radical (unpaired) electrons. The maximum Gasteiger partial charge on any atom is 0.0540 e. The van der Waals surface area contributed by atoms with Crippen LogP contribution in [-0.4, -0.2) is 30.0 Å². The van der Waals surface area contributed by atoms with Gasteiger partial charge in [-0.05, 0) is 31.1 Å². The van der Waals surface area contributed by atoms with E-state index in [1.54, 1.807) is 7.11 Å². The van der Waals surface area contributed by atoms with Crippen molar-refractivity contribution in [1.82, 2.24) is 15.1 Å². The Labute approximate surface area is 116 Å². The highest BCUT2D eigenvalue weighted by atomic mass is 16.5. The molecule has 0 amide bonds. The van der Waals surface area contributed by atoms with Crippen molar-refractivity contribution in [2.24, 2.45) is 12.5 Å². The lowest BCUT2D eigenvalue weighted by Crippen LogP contribution is -2.34. The van der Waals surface area contributed by atoms with Gasteiger partial charge in [0.05, 0.1) is 6.20 Å². The first-order valence-electron chi connectivity index (χ1n) is 7.26. The summed E-state index contributed by atoms with van der Waals surface area (Å²) in [6.45, 7) is 6.45. The third kappa shape index (κ3) is 3.57. The van der Waals surface area contributed by atoms with Gasteiger partial charge in [-0.25, -0.2) is 0 Å². The minimum atomic E-state index is 0.274. The van der Waals surface area contributed by atoms with Crippen molar-refractivity contribution in [2.45, 2.75) is 45.6 Å². The minimum absolute atomic E-state index is 0.274. The standard InChI is InChI=1S/C15H27N3O/c1-15(2,8-9-19-4)11-16-13-6-5-7-14-12(13)10-17-18(14)3/h10,13,16H,5-9,11H2,1-4H3. The van der Waals surface area contributed by atoms with E-state index in [1.807, 2.05) is 17.9 Å². The topological polar surface area (TPSA) is 39.1 Å². The summed E-state index contributed by atoms with van der Waals surface area (Å²) < 4.78 is 7.22. The second kappa shape index (κ2) is 6.06. The lowest BCUT2D eigenvalue weighted by molar-refractivity contribution is 0.148. The smallest absolute Gasteiger partial charge is 0.0540 e. The number of nitrogens with zero attached hydrogens (tertiary/aromatic N) is 2. The van der Waals surface area contributed by atoms with Gasteiger partial charge in [0.15, 0.2) is 0 Å². The van der Waals surface area contributed by atoms with E-state index in [1.165, 1.54) is 24.1 Å². The summed E-state index contributed by atoms with van der Waals surface area (Å²) in [6, 6.07) is 0.472. The molecule has 0 spiro atoms. The highest BCUT2D eigenvalue weighted by molar-refractivity contribution is 5.24. The highest BCUT2D eigenvalue weighted by Gasteiger charge is 2.25. The van der Waals surface area contributed by atoms with E-state index >= 15 is 0 Å². The van der Waals surface area contributed by atoms with Gasteiger partial charge >= 0.3 is 0 Å². The molecular weight excluding hydrogens is 238 g/mol. The van der Waals surface area contributed by atoms with Crippen molar-refractivity contribution in [2.75, 3.05) is 20.3 Å². The number of hydrogen-bond acceptors (Lipinski definition) is 3. The second-order valence-corrected chi connectivity index (χ2v) is 6.40. The lowest BCUT2D eigenvalue weighted by Gasteiger charge is -2.30. The molecule has 108 valence electrons. The van der Waals surface area contributed by atoms with Crippen molar-refractivity contribution in [3.63, 3.8) is 0 Å². The molecule has 1 aromatic rings. The summed E-state index contributed by atoms with van der Waals surface area (Å²) in [5.74, 6) is 0. The molecule has 1 aliphatic rings. The molecule has 1 unspecified atom stereocenters. The van der Waals surface area contributed by atoms with Crippen LogP contribution >= 0.6 is 0 Å². The number of aromatic nitrogens is 2. The zero-order chi connectivity index (χ0) is 13.9. The molecule has 0 saturated heterocycles. The van der Waals surface area contributed by atoms with E-state index in [-0.39, 0.29) is 5.41 Å². The number of methoxy groups -OCH3 is 1. The van der Waals surface area contributed by atoms with Crippen LogP contribution in [0, 0.1) is 5.41 Å². The summed E-state index contributed by atoms with van der Waals surface area (Å²) in [7, 11) is 3.82. The van der Waals surface area contributed by atoms with Crippen molar-refractivity contribution in [3.8, 4) is 0 Å². The van der Waals surface area contributed by atoms with Gasteiger partial charge in [0.2, 0.25) is 0 Å². The normalized spacial score (nSPS) is 19.5. The van der Waals surface area contributed by atoms with E-state index in [4.69, 9.17) is 4.74 Å². The van der Waals surface area contributed by atoms with Crippen LogP contribution in [0.4, 0.5) is 0 Å². The quantitative estimate of drug-likeness (QED) is 0.858. The van der Waals surface area contributed by atoms with Crippen LogP contribution in [0.25, 0.3) is 0 Å². The highest BCUT2D eigenvalue weighted by Crippen LogP contribution is 2.30. The maximum absolute atomic E-state index is 5.19. The molecule has 0 fully saturated rings. The third-order valence-electron chi connectivity index (χ3n) is 4.19. The minimum Gasteiger partial charge on any atom is -0.385 e. The number of rotatable bonds is 6. The van der Waals surface area contributed by atoms with Gasteiger partial charge in [0.1, 0.15) is 0 Å². The Morgan fingerprint density at radius 3 is 3.05 bits per heavy atom. The first kappa shape index (κ1) is 14.5. The van der Waals surface area contributed by atoms with Gasteiger partial charge in [-0.1, -0.05) is 13.8 Å². The lowest BCUT2D eigenvalue weighted by atomic mass is 9.87. The Morgan fingerprint density at radius 1 is 1.53 bits per heavy atom. The van der Waals surface area contributed by atoms with Crippen molar-refractivity contribution < 1.29 is 4.74 Å². The van der Waals surface area contributed by atoms with Crippen LogP contribution in [0.2, 0.25) is 0 Å². The summed E-state index contributed by atoms with van der Waals surface area (Å²) in [5, 5.41) is 8.13. The number of ether oxygens (including phenoxy) is 1. The van der Waals surface area contributed by atoms with Crippen LogP contribution in [-0.2, 0) is 18.2 Å². The van der Waals surface area contributed by atoms with E-state index in [0.717, 1.165) is 26.0 Å². The Hall–Kier alpha value is -0.870. The third-order valence-corrected chi connectivity index (χ3v) is 4.19. The predicted octanol–water partition coefficient (Wildman–Crippen LogP) is 2.45. The molecule has 1 heterocycles. The van der Waals surface area contributed by atoms with Crippen LogP contribution in [0.1, 0.15) is 50.4 Å². The van der Waals surface area contributed by atoms with E-state index in [2.05, 4.69) is 24.3 Å². The fraction of sp³-hybridized carbons (Fsp3) is 0.800. The fourth-order valence-corrected chi connectivity index (χ4v) is 2.78.